The van der Waals surface area contributed by atoms with E-state index in [4.69, 9.17) is 0 Å². The smallest absolute Gasteiger partial charge is 0.262 e. The SMILES string of the molecule is Cc1cc(F)cc(C)c1S(=O)(=O)Nc1cccc(F)c1C. The molecule has 0 aliphatic carbocycles. The molecule has 0 aliphatic rings. The molecule has 0 amide bonds. The Morgan fingerprint density at radius 3 is 2.14 bits per heavy atom. The largest absolute Gasteiger partial charge is 0.279 e. The maximum Gasteiger partial charge on any atom is 0.262 e. The first-order chi connectivity index (χ1) is 9.72. The average Bonchev–Trinajstić information content (AvgIpc) is 2.33. The molecule has 3 nitrogen and oxygen atoms in total. The Morgan fingerprint density at radius 1 is 1.00 bits per heavy atom. The van der Waals surface area contributed by atoms with Gasteiger partial charge in [0, 0.05) is 5.56 Å². The third-order valence-electron chi connectivity index (χ3n) is 3.21. The van der Waals surface area contributed by atoms with Crippen LogP contribution in [0.25, 0.3) is 0 Å². The number of aryl methyl sites for hydroxylation is 2. The van der Waals surface area contributed by atoms with E-state index in [1.54, 1.807) is 0 Å². The molecule has 112 valence electrons. The van der Waals surface area contributed by atoms with Crippen molar-refractivity contribution in [3.63, 3.8) is 0 Å². The van der Waals surface area contributed by atoms with Crippen LogP contribution in [-0.4, -0.2) is 8.42 Å². The Kier molecular flexibility index (Phi) is 4.00. The van der Waals surface area contributed by atoms with E-state index in [0.29, 0.717) is 11.1 Å². The number of benzene rings is 2. The van der Waals surface area contributed by atoms with Gasteiger partial charge in [-0.2, -0.15) is 0 Å². The molecule has 2 rings (SSSR count). The molecule has 0 bridgehead atoms. The number of halogens is 2. The van der Waals surface area contributed by atoms with Gasteiger partial charge in [-0.05, 0) is 56.2 Å². The number of sulfonamides is 1. The first-order valence-electron chi connectivity index (χ1n) is 6.27. The zero-order chi connectivity index (χ0) is 15.8. The van der Waals surface area contributed by atoms with Crippen molar-refractivity contribution in [2.24, 2.45) is 0 Å². The summed E-state index contributed by atoms with van der Waals surface area (Å²) in [6.45, 7) is 4.52. The van der Waals surface area contributed by atoms with Crippen LogP contribution < -0.4 is 4.72 Å². The minimum atomic E-state index is -3.91. The van der Waals surface area contributed by atoms with Gasteiger partial charge in [-0.25, -0.2) is 17.2 Å². The highest BCUT2D eigenvalue weighted by atomic mass is 32.2. The van der Waals surface area contributed by atoms with Gasteiger partial charge < -0.3 is 0 Å². The van der Waals surface area contributed by atoms with Gasteiger partial charge in [0.05, 0.1) is 10.6 Å². The third-order valence-corrected chi connectivity index (χ3v) is 4.88. The van der Waals surface area contributed by atoms with Crippen molar-refractivity contribution < 1.29 is 17.2 Å². The molecule has 0 aliphatic heterocycles. The molecule has 2 aromatic carbocycles. The van der Waals surface area contributed by atoms with Gasteiger partial charge in [-0.3, -0.25) is 4.72 Å². The summed E-state index contributed by atoms with van der Waals surface area (Å²) < 4.78 is 54.0. The molecule has 2 aromatic rings. The second-order valence-corrected chi connectivity index (χ2v) is 6.51. The van der Waals surface area contributed by atoms with Crippen molar-refractivity contribution in [1.29, 1.82) is 0 Å². The maximum absolute atomic E-state index is 13.5. The summed E-state index contributed by atoms with van der Waals surface area (Å²) >= 11 is 0. The van der Waals surface area contributed by atoms with Crippen molar-refractivity contribution in [3.05, 3.63) is 58.7 Å². The van der Waals surface area contributed by atoms with Gasteiger partial charge in [0.15, 0.2) is 0 Å². The predicted molar refractivity (Wildman–Crippen MR) is 77.8 cm³/mol. The number of nitrogens with one attached hydrogen (secondary N) is 1. The fraction of sp³-hybridized carbons (Fsp3) is 0.200. The molecule has 0 heterocycles. The van der Waals surface area contributed by atoms with Crippen molar-refractivity contribution in [3.8, 4) is 0 Å². The molecule has 0 unspecified atom stereocenters. The van der Waals surface area contributed by atoms with Crippen molar-refractivity contribution in [2.75, 3.05) is 4.72 Å². The lowest BCUT2D eigenvalue weighted by atomic mass is 10.1. The van der Waals surface area contributed by atoms with Crippen LogP contribution in [0.4, 0.5) is 14.5 Å². The fourth-order valence-corrected chi connectivity index (χ4v) is 3.81. The van der Waals surface area contributed by atoms with Crippen LogP contribution in [0.2, 0.25) is 0 Å². The average molecular weight is 311 g/mol. The topological polar surface area (TPSA) is 46.2 Å². The van der Waals surface area contributed by atoms with Gasteiger partial charge in [0.25, 0.3) is 10.0 Å². The van der Waals surface area contributed by atoms with E-state index in [0.717, 1.165) is 12.1 Å². The maximum atomic E-state index is 13.5. The van der Waals surface area contributed by atoms with Crippen LogP contribution in [0.15, 0.2) is 35.2 Å². The van der Waals surface area contributed by atoms with Crippen LogP contribution in [0.3, 0.4) is 0 Å². The van der Waals surface area contributed by atoms with Crippen LogP contribution in [0.1, 0.15) is 16.7 Å². The lowest BCUT2D eigenvalue weighted by molar-refractivity contribution is 0.597. The quantitative estimate of drug-likeness (QED) is 0.939. The normalized spacial score (nSPS) is 11.5. The summed E-state index contributed by atoms with van der Waals surface area (Å²) in [5, 5.41) is 0. The zero-order valence-electron chi connectivity index (χ0n) is 11.9. The van der Waals surface area contributed by atoms with Crippen molar-refractivity contribution in [2.45, 2.75) is 25.7 Å². The molecule has 0 spiro atoms. The van der Waals surface area contributed by atoms with Crippen LogP contribution >= 0.6 is 0 Å². The molecule has 0 saturated carbocycles. The van der Waals surface area contributed by atoms with E-state index in [-0.39, 0.29) is 16.1 Å². The van der Waals surface area contributed by atoms with Gasteiger partial charge in [-0.15, -0.1) is 0 Å². The van der Waals surface area contributed by atoms with E-state index in [1.165, 1.54) is 39.0 Å². The summed E-state index contributed by atoms with van der Waals surface area (Å²) in [7, 11) is -3.91. The number of hydrogen-bond donors (Lipinski definition) is 1. The summed E-state index contributed by atoms with van der Waals surface area (Å²) in [5.74, 6) is -0.992. The standard InChI is InChI=1S/C15H15F2NO2S/c1-9-7-12(16)8-10(2)15(9)21(19,20)18-14-6-4-5-13(17)11(14)3/h4-8,18H,1-3H3. The molecular formula is C15H15F2NO2S. The minimum Gasteiger partial charge on any atom is -0.279 e. The van der Waals surface area contributed by atoms with E-state index in [2.05, 4.69) is 4.72 Å². The molecule has 21 heavy (non-hydrogen) atoms. The Hall–Kier alpha value is -1.95. The van der Waals surface area contributed by atoms with Crippen molar-refractivity contribution >= 4 is 15.7 Å². The number of rotatable bonds is 3. The van der Waals surface area contributed by atoms with Gasteiger partial charge in [0.2, 0.25) is 0 Å². The summed E-state index contributed by atoms with van der Waals surface area (Å²) in [6, 6.07) is 6.45. The monoisotopic (exact) mass is 311 g/mol. The molecular weight excluding hydrogens is 296 g/mol. The second-order valence-electron chi connectivity index (χ2n) is 4.89. The van der Waals surface area contributed by atoms with Gasteiger partial charge in [-0.1, -0.05) is 6.07 Å². The first-order valence-corrected chi connectivity index (χ1v) is 7.75. The fourth-order valence-electron chi connectivity index (χ4n) is 2.24. The molecule has 0 aromatic heterocycles. The zero-order valence-corrected chi connectivity index (χ0v) is 12.7. The lowest BCUT2D eigenvalue weighted by Gasteiger charge is -2.14. The number of hydrogen-bond acceptors (Lipinski definition) is 2. The van der Waals surface area contributed by atoms with E-state index in [9.17, 15) is 17.2 Å². The highest BCUT2D eigenvalue weighted by molar-refractivity contribution is 7.92. The Morgan fingerprint density at radius 2 is 1.57 bits per heavy atom. The summed E-state index contributed by atoms with van der Waals surface area (Å²) in [6.07, 6.45) is 0. The van der Waals surface area contributed by atoms with Gasteiger partial charge >= 0.3 is 0 Å². The van der Waals surface area contributed by atoms with Gasteiger partial charge in [0.1, 0.15) is 11.6 Å². The van der Waals surface area contributed by atoms with E-state index >= 15 is 0 Å². The summed E-state index contributed by atoms with van der Waals surface area (Å²) in [4.78, 5) is 0.00700. The molecule has 0 fully saturated rings. The van der Waals surface area contributed by atoms with Crippen molar-refractivity contribution in [1.82, 2.24) is 0 Å². The molecule has 0 saturated heterocycles. The van der Waals surface area contributed by atoms with Crippen LogP contribution in [0.5, 0.6) is 0 Å². The minimum absolute atomic E-state index is 0.00700. The lowest BCUT2D eigenvalue weighted by Crippen LogP contribution is -2.17. The van der Waals surface area contributed by atoms with Crippen LogP contribution in [0, 0.1) is 32.4 Å². The molecule has 0 radical (unpaired) electrons. The molecule has 1 N–H and O–H groups in total. The summed E-state index contributed by atoms with van der Waals surface area (Å²) in [5.41, 5.74) is 0.972. The number of anilines is 1. The predicted octanol–water partition coefficient (Wildman–Crippen LogP) is 3.69. The van der Waals surface area contributed by atoms with E-state index in [1.807, 2.05) is 0 Å². The highest BCUT2D eigenvalue weighted by Gasteiger charge is 2.21. The van der Waals surface area contributed by atoms with Crippen LogP contribution in [-0.2, 0) is 10.0 Å². The third kappa shape index (κ3) is 3.05. The Labute approximate surface area is 122 Å². The molecule has 0 atom stereocenters. The first kappa shape index (κ1) is 15.4. The van der Waals surface area contributed by atoms with E-state index < -0.39 is 21.7 Å². The second kappa shape index (κ2) is 5.44. The Balaban J connectivity index is 2.51. The Bertz CT molecular complexity index is 778. The highest BCUT2D eigenvalue weighted by Crippen LogP contribution is 2.26. The molecule has 6 heteroatoms.